The lowest BCUT2D eigenvalue weighted by molar-refractivity contribution is 0.301. The smallest absolute Gasteiger partial charge is 0.122 e. The van der Waals surface area contributed by atoms with E-state index in [4.69, 9.17) is 16.3 Å². The van der Waals surface area contributed by atoms with Gasteiger partial charge >= 0.3 is 0 Å². The second kappa shape index (κ2) is 7.76. The number of halogens is 1. The first-order valence-corrected chi connectivity index (χ1v) is 7.40. The van der Waals surface area contributed by atoms with Crippen LogP contribution in [0.2, 0.25) is 5.02 Å². The molecule has 0 aliphatic heterocycles. The van der Waals surface area contributed by atoms with Crippen molar-refractivity contribution in [3.63, 3.8) is 0 Å². The Morgan fingerprint density at radius 2 is 1.89 bits per heavy atom. The van der Waals surface area contributed by atoms with Crippen molar-refractivity contribution in [3.8, 4) is 5.75 Å². The van der Waals surface area contributed by atoms with Gasteiger partial charge in [-0.3, -0.25) is 0 Å². The molecule has 0 heterocycles. The minimum atomic E-state index is 0.219. The number of nitrogens with one attached hydrogen (secondary N) is 1. The number of unbranched alkanes of at least 4 members (excludes halogenated alkanes) is 2. The number of benzene rings is 1. The molecular formula is C16H26ClNO. The highest BCUT2D eigenvalue weighted by atomic mass is 35.5. The Balaban J connectivity index is 2.11. The van der Waals surface area contributed by atoms with Crippen LogP contribution in [0, 0.1) is 6.92 Å². The average molecular weight is 284 g/mol. The molecule has 0 aromatic heterocycles. The van der Waals surface area contributed by atoms with Gasteiger partial charge in [-0.1, -0.05) is 11.6 Å². The Bertz CT molecular complexity index is 385. The second-order valence-electron chi connectivity index (χ2n) is 6.00. The fourth-order valence-corrected chi connectivity index (χ4v) is 2.05. The van der Waals surface area contributed by atoms with E-state index in [9.17, 15) is 0 Å². The Kier molecular flexibility index (Phi) is 6.67. The maximum atomic E-state index is 5.91. The standard InChI is InChI=1S/C16H26ClNO/c1-13-12-14(17)8-9-15(13)19-11-7-5-6-10-18-16(2,3)4/h8-9,12,18H,5-7,10-11H2,1-4H3. The van der Waals surface area contributed by atoms with Gasteiger partial charge in [-0.15, -0.1) is 0 Å². The predicted octanol–water partition coefficient (Wildman–Crippen LogP) is 4.59. The van der Waals surface area contributed by atoms with Crippen molar-refractivity contribution in [3.05, 3.63) is 28.8 Å². The van der Waals surface area contributed by atoms with Crippen LogP contribution in [0.5, 0.6) is 5.75 Å². The number of rotatable bonds is 7. The van der Waals surface area contributed by atoms with Gasteiger partial charge in [0.15, 0.2) is 0 Å². The van der Waals surface area contributed by atoms with E-state index in [1.54, 1.807) is 0 Å². The predicted molar refractivity (Wildman–Crippen MR) is 83.3 cm³/mol. The summed E-state index contributed by atoms with van der Waals surface area (Å²) in [6, 6.07) is 5.75. The lowest BCUT2D eigenvalue weighted by atomic mass is 10.1. The van der Waals surface area contributed by atoms with Crippen LogP contribution in [-0.2, 0) is 0 Å². The Morgan fingerprint density at radius 3 is 2.53 bits per heavy atom. The molecule has 0 amide bonds. The van der Waals surface area contributed by atoms with Gasteiger partial charge in [0.2, 0.25) is 0 Å². The first kappa shape index (κ1) is 16.3. The Hall–Kier alpha value is -0.730. The van der Waals surface area contributed by atoms with E-state index in [2.05, 4.69) is 26.1 Å². The van der Waals surface area contributed by atoms with Crippen molar-refractivity contribution in [2.45, 2.75) is 52.5 Å². The third kappa shape index (κ3) is 7.44. The summed E-state index contributed by atoms with van der Waals surface area (Å²) in [6.07, 6.45) is 3.48. The number of ether oxygens (including phenoxy) is 1. The summed E-state index contributed by atoms with van der Waals surface area (Å²) in [6.45, 7) is 10.5. The zero-order valence-corrected chi connectivity index (χ0v) is 13.3. The fourth-order valence-electron chi connectivity index (χ4n) is 1.82. The molecule has 108 valence electrons. The van der Waals surface area contributed by atoms with E-state index in [1.165, 1.54) is 12.8 Å². The summed E-state index contributed by atoms with van der Waals surface area (Å²) in [5.41, 5.74) is 1.32. The van der Waals surface area contributed by atoms with Crippen LogP contribution in [0.3, 0.4) is 0 Å². The van der Waals surface area contributed by atoms with Crippen molar-refractivity contribution in [1.82, 2.24) is 5.32 Å². The first-order valence-electron chi connectivity index (χ1n) is 7.02. The van der Waals surface area contributed by atoms with E-state index in [-0.39, 0.29) is 5.54 Å². The van der Waals surface area contributed by atoms with Crippen LogP contribution in [0.1, 0.15) is 45.6 Å². The highest BCUT2D eigenvalue weighted by molar-refractivity contribution is 6.30. The van der Waals surface area contributed by atoms with Gasteiger partial charge in [-0.2, -0.15) is 0 Å². The molecule has 2 nitrogen and oxygen atoms in total. The zero-order chi connectivity index (χ0) is 14.3. The minimum Gasteiger partial charge on any atom is -0.493 e. The molecule has 3 heteroatoms. The molecule has 0 saturated heterocycles. The number of hydrogen-bond donors (Lipinski definition) is 1. The van der Waals surface area contributed by atoms with Crippen molar-refractivity contribution in [2.24, 2.45) is 0 Å². The molecule has 0 aliphatic carbocycles. The van der Waals surface area contributed by atoms with Crippen molar-refractivity contribution < 1.29 is 4.74 Å². The summed E-state index contributed by atoms with van der Waals surface area (Å²) in [4.78, 5) is 0. The molecule has 0 fully saturated rings. The van der Waals surface area contributed by atoms with Gasteiger partial charge < -0.3 is 10.1 Å². The van der Waals surface area contributed by atoms with Crippen molar-refractivity contribution >= 4 is 11.6 Å². The number of hydrogen-bond acceptors (Lipinski definition) is 2. The van der Waals surface area contributed by atoms with E-state index >= 15 is 0 Å². The van der Waals surface area contributed by atoms with Gasteiger partial charge in [0.25, 0.3) is 0 Å². The first-order chi connectivity index (χ1) is 8.88. The molecule has 1 aromatic carbocycles. The fraction of sp³-hybridized carbons (Fsp3) is 0.625. The molecule has 1 N–H and O–H groups in total. The van der Waals surface area contributed by atoms with Crippen LogP contribution in [-0.4, -0.2) is 18.7 Å². The Labute approximate surface area is 122 Å². The largest absolute Gasteiger partial charge is 0.493 e. The molecule has 0 aliphatic rings. The molecule has 0 atom stereocenters. The summed E-state index contributed by atoms with van der Waals surface area (Å²) < 4.78 is 5.76. The molecule has 19 heavy (non-hydrogen) atoms. The average Bonchev–Trinajstić information content (AvgIpc) is 2.29. The second-order valence-corrected chi connectivity index (χ2v) is 6.43. The van der Waals surface area contributed by atoms with Gasteiger partial charge in [-0.25, -0.2) is 0 Å². The molecule has 0 unspecified atom stereocenters. The highest BCUT2D eigenvalue weighted by Crippen LogP contribution is 2.21. The van der Waals surface area contributed by atoms with E-state index in [1.807, 2.05) is 25.1 Å². The highest BCUT2D eigenvalue weighted by Gasteiger charge is 2.06. The third-order valence-corrected chi connectivity index (χ3v) is 3.11. The lowest BCUT2D eigenvalue weighted by Crippen LogP contribution is -2.36. The molecule has 0 spiro atoms. The summed E-state index contributed by atoms with van der Waals surface area (Å²) in [5.74, 6) is 0.942. The summed E-state index contributed by atoms with van der Waals surface area (Å²) in [7, 11) is 0. The molecule has 0 saturated carbocycles. The maximum absolute atomic E-state index is 5.91. The SMILES string of the molecule is Cc1cc(Cl)ccc1OCCCCCNC(C)(C)C. The van der Waals surface area contributed by atoms with Gasteiger partial charge in [0.1, 0.15) is 5.75 Å². The van der Waals surface area contributed by atoms with Crippen LogP contribution in [0.25, 0.3) is 0 Å². The monoisotopic (exact) mass is 283 g/mol. The van der Waals surface area contributed by atoms with E-state index < -0.39 is 0 Å². The topological polar surface area (TPSA) is 21.3 Å². The quantitative estimate of drug-likeness (QED) is 0.739. The zero-order valence-electron chi connectivity index (χ0n) is 12.6. The normalized spacial score (nSPS) is 11.6. The maximum Gasteiger partial charge on any atom is 0.122 e. The minimum absolute atomic E-state index is 0.219. The number of aryl methyl sites for hydroxylation is 1. The van der Waals surface area contributed by atoms with Crippen LogP contribution < -0.4 is 10.1 Å². The Morgan fingerprint density at radius 1 is 1.16 bits per heavy atom. The third-order valence-electron chi connectivity index (χ3n) is 2.87. The van der Waals surface area contributed by atoms with Gasteiger partial charge in [0, 0.05) is 10.6 Å². The molecule has 1 aromatic rings. The lowest BCUT2D eigenvalue weighted by Gasteiger charge is -2.20. The summed E-state index contributed by atoms with van der Waals surface area (Å²) in [5, 5.41) is 4.25. The van der Waals surface area contributed by atoms with Crippen molar-refractivity contribution in [2.75, 3.05) is 13.2 Å². The molecule has 0 radical (unpaired) electrons. The van der Waals surface area contributed by atoms with Crippen LogP contribution in [0.15, 0.2) is 18.2 Å². The van der Waals surface area contributed by atoms with Crippen LogP contribution in [0.4, 0.5) is 0 Å². The van der Waals surface area contributed by atoms with Gasteiger partial charge in [-0.05, 0) is 77.3 Å². The molecule has 0 bridgehead atoms. The van der Waals surface area contributed by atoms with E-state index in [0.29, 0.717) is 0 Å². The van der Waals surface area contributed by atoms with Gasteiger partial charge in [0.05, 0.1) is 6.61 Å². The van der Waals surface area contributed by atoms with Crippen LogP contribution >= 0.6 is 11.6 Å². The van der Waals surface area contributed by atoms with E-state index in [0.717, 1.165) is 35.9 Å². The van der Waals surface area contributed by atoms with Crippen molar-refractivity contribution in [1.29, 1.82) is 0 Å². The molecular weight excluding hydrogens is 258 g/mol. The summed E-state index contributed by atoms with van der Waals surface area (Å²) >= 11 is 5.91. The molecule has 1 rings (SSSR count).